The lowest BCUT2D eigenvalue weighted by Gasteiger charge is -2.13. The molecule has 0 fully saturated rings. The summed E-state index contributed by atoms with van der Waals surface area (Å²) in [6.07, 6.45) is 0. The molecular weight excluding hydrogens is 269 g/mol. The van der Waals surface area contributed by atoms with Gasteiger partial charge in [-0.2, -0.15) is 0 Å². The van der Waals surface area contributed by atoms with Crippen LogP contribution in [-0.4, -0.2) is 14.2 Å². The molecule has 112 valence electrons. The van der Waals surface area contributed by atoms with Crippen molar-refractivity contribution in [2.45, 2.75) is 20.1 Å². The Morgan fingerprint density at radius 3 is 2.67 bits per heavy atom. The number of nitrogens with one attached hydrogen (secondary N) is 1. The largest absolute Gasteiger partial charge is 0.496 e. The molecule has 0 amide bonds. The Kier molecular flexibility index (Phi) is 5.17. The van der Waals surface area contributed by atoms with E-state index >= 15 is 0 Å². The van der Waals surface area contributed by atoms with Crippen molar-refractivity contribution in [1.82, 2.24) is 5.32 Å². The minimum atomic E-state index is -0.317. The molecule has 0 saturated carbocycles. The van der Waals surface area contributed by atoms with Crippen molar-refractivity contribution in [3.63, 3.8) is 0 Å². The molecule has 0 aliphatic heterocycles. The lowest BCUT2D eigenvalue weighted by molar-refractivity contribution is 0.282. The molecule has 1 N–H and O–H groups in total. The van der Waals surface area contributed by atoms with Crippen LogP contribution in [0.25, 0.3) is 0 Å². The number of hydrogen-bond acceptors (Lipinski definition) is 3. The third kappa shape index (κ3) is 3.73. The second-order valence-electron chi connectivity index (χ2n) is 4.85. The molecule has 4 heteroatoms. The van der Waals surface area contributed by atoms with E-state index in [4.69, 9.17) is 9.47 Å². The first-order valence-electron chi connectivity index (χ1n) is 6.84. The quantitative estimate of drug-likeness (QED) is 0.883. The van der Waals surface area contributed by atoms with Gasteiger partial charge in [-0.1, -0.05) is 18.2 Å². The van der Waals surface area contributed by atoms with E-state index in [2.05, 4.69) is 5.32 Å². The molecule has 0 spiro atoms. The van der Waals surface area contributed by atoms with Crippen molar-refractivity contribution < 1.29 is 13.9 Å². The zero-order valence-corrected chi connectivity index (χ0v) is 12.6. The van der Waals surface area contributed by atoms with Crippen molar-refractivity contribution in [1.29, 1.82) is 0 Å². The van der Waals surface area contributed by atoms with Gasteiger partial charge in [0.1, 0.15) is 12.4 Å². The number of ether oxygens (including phenoxy) is 2. The third-order valence-electron chi connectivity index (χ3n) is 3.27. The second kappa shape index (κ2) is 7.09. The van der Waals surface area contributed by atoms with Crippen LogP contribution in [0.3, 0.4) is 0 Å². The fourth-order valence-corrected chi connectivity index (χ4v) is 2.15. The van der Waals surface area contributed by atoms with Gasteiger partial charge in [-0.3, -0.25) is 0 Å². The topological polar surface area (TPSA) is 30.5 Å². The normalized spacial score (nSPS) is 10.5. The Labute approximate surface area is 124 Å². The number of methoxy groups -OCH3 is 1. The van der Waals surface area contributed by atoms with Gasteiger partial charge < -0.3 is 14.8 Å². The maximum absolute atomic E-state index is 13.9. The van der Waals surface area contributed by atoms with Gasteiger partial charge in [-0.15, -0.1) is 0 Å². The van der Waals surface area contributed by atoms with E-state index in [1.54, 1.807) is 32.2 Å². The first kappa shape index (κ1) is 15.3. The molecule has 0 heterocycles. The average Bonchev–Trinajstić information content (AvgIpc) is 2.49. The van der Waals surface area contributed by atoms with E-state index in [0.717, 1.165) is 23.4 Å². The standard InChI is InChI=1S/C17H20FNO2/c1-12-5-4-6-16(17(12)18)21-11-14-9-13(10-19-2)7-8-15(14)20-3/h4-9,19H,10-11H2,1-3H3. The highest BCUT2D eigenvalue weighted by Crippen LogP contribution is 2.24. The second-order valence-corrected chi connectivity index (χ2v) is 4.85. The highest BCUT2D eigenvalue weighted by atomic mass is 19.1. The highest BCUT2D eigenvalue weighted by molar-refractivity contribution is 5.38. The summed E-state index contributed by atoms with van der Waals surface area (Å²) in [5.74, 6) is 0.682. The minimum absolute atomic E-state index is 0.260. The summed E-state index contributed by atoms with van der Waals surface area (Å²) in [4.78, 5) is 0. The fourth-order valence-electron chi connectivity index (χ4n) is 2.15. The summed E-state index contributed by atoms with van der Waals surface area (Å²) in [7, 11) is 3.51. The van der Waals surface area contributed by atoms with Crippen LogP contribution >= 0.6 is 0 Å². The van der Waals surface area contributed by atoms with Gasteiger partial charge in [0, 0.05) is 12.1 Å². The Balaban J connectivity index is 2.18. The summed E-state index contributed by atoms with van der Waals surface area (Å²) in [6.45, 7) is 2.74. The lowest BCUT2D eigenvalue weighted by atomic mass is 10.1. The van der Waals surface area contributed by atoms with Gasteiger partial charge in [-0.25, -0.2) is 4.39 Å². The molecule has 0 atom stereocenters. The summed E-state index contributed by atoms with van der Waals surface area (Å²) in [5, 5.41) is 3.10. The van der Waals surface area contributed by atoms with Gasteiger partial charge in [-0.05, 0) is 43.3 Å². The van der Waals surface area contributed by atoms with Crippen molar-refractivity contribution in [2.24, 2.45) is 0 Å². The van der Waals surface area contributed by atoms with E-state index in [0.29, 0.717) is 5.56 Å². The molecule has 0 aromatic heterocycles. The van der Waals surface area contributed by atoms with Crippen LogP contribution in [0.1, 0.15) is 16.7 Å². The van der Waals surface area contributed by atoms with Crippen LogP contribution in [-0.2, 0) is 13.2 Å². The van der Waals surface area contributed by atoms with Gasteiger partial charge in [0.05, 0.1) is 7.11 Å². The van der Waals surface area contributed by atoms with Gasteiger partial charge in [0.2, 0.25) is 0 Å². The molecular formula is C17H20FNO2. The third-order valence-corrected chi connectivity index (χ3v) is 3.27. The van der Waals surface area contributed by atoms with Crippen molar-refractivity contribution in [2.75, 3.05) is 14.2 Å². The van der Waals surface area contributed by atoms with E-state index in [1.807, 2.05) is 25.2 Å². The van der Waals surface area contributed by atoms with Crippen LogP contribution in [0.2, 0.25) is 0 Å². The molecule has 0 saturated heterocycles. The lowest BCUT2D eigenvalue weighted by Crippen LogP contribution is -2.07. The van der Waals surface area contributed by atoms with E-state index in [9.17, 15) is 4.39 Å². The summed E-state index contributed by atoms with van der Waals surface area (Å²) >= 11 is 0. The van der Waals surface area contributed by atoms with Crippen LogP contribution in [0.5, 0.6) is 11.5 Å². The van der Waals surface area contributed by atoms with Crippen molar-refractivity contribution >= 4 is 0 Å². The molecule has 2 aromatic rings. The number of aryl methyl sites for hydroxylation is 1. The van der Waals surface area contributed by atoms with Gasteiger partial charge in [0.25, 0.3) is 0 Å². The van der Waals surface area contributed by atoms with Crippen LogP contribution in [0.15, 0.2) is 36.4 Å². The smallest absolute Gasteiger partial charge is 0.167 e. The van der Waals surface area contributed by atoms with Crippen LogP contribution < -0.4 is 14.8 Å². The van der Waals surface area contributed by atoms with E-state index in [-0.39, 0.29) is 18.2 Å². The average molecular weight is 289 g/mol. The molecule has 0 aliphatic rings. The molecule has 2 rings (SSSR count). The molecule has 21 heavy (non-hydrogen) atoms. The predicted molar refractivity (Wildman–Crippen MR) is 81.2 cm³/mol. The fraction of sp³-hybridized carbons (Fsp3) is 0.294. The first-order chi connectivity index (χ1) is 10.2. The Morgan fingerprint density at radius 1 is 1.14 bits per heavy atom. The van der Waals surface area contributed by atoms with E-state index in [1.165, 1.54) is 0 Å². The molecule has 3 nitrogen and oxygen atoms in total. The van der Waals surface area contributed by atoms with Crippen molar-refractivity contribution in [3.05, 3.63) is 58.9 Å². The molecule has 0 radical (unpaired) electrons. The first-order valence-corrected chi connectivity index (χ1v) is 6.84. The van der Waals surface area contributed by atoms with Crippen LogP contribution in [0, 0.1) is 12.7 Å². The summed E-state index contributed by atoms with van der Waals surface area (Å²) < 4.78 is 24.9. The minimum Gasteiger partial charge on any atom is -0.496 e. The van der Waals surface area contributed by atoms with Gasteiger partial charge in [0.15, 0.2) is 11.6 Å². The summed E-state index contributed by atoms with van der Waals surface area (Å²) in [6, 6.07) is 11.0. The Bertz CT molecular complexity index is 614. The molecule has 0 aliphatic carbocycles. The van der Waals surface area contributed by atoms with Crippen molar-refractivity contribution in [3.8, 4) is 11.5 Å². The SMILES string of the molecule is CNCc1ccc(OC)c(COc2cccc(C)c2F)c1. The molecule has 0 unspecified atom stereocenters. The summed E-state index contributed by atoms with van der Waals surface area (Å²) in [5.41, 5.74) is 2.59. The van der Waals surface area contributed by atoms with Gasteiger partial charge >= 0.3 is 0 Å². The number of benzene rings is 2. The van der Waals surface area contributed by atoms with E-state index < -0.39 is 0 Å². The Hall–Kier alpha value is -2.07. The zero-order valence-electron chi connectivity index (χ0n) is 12.6. The molecule has 2 aromatic carbocycles. The number of halogens is 1. The maximum Gasteiger partial charge on any atom is 0.167 e. The zero-order chi connectivity index (χ0) is 15.2. The number of hydrogen-bond donors (Lipinski definition) is 1. The maximum atomic E-state index is 13.9. The predicted octanol–water partition coefficient (Wildman–Crippen LogP) is 3.44. The Morgan fingerprint density at radius 2 is 1.95 bits per heavy atom. The number of rotatable bonds is 6. The van der Waals surface area contributed by atoms with Crippen LogP contribution in [0.4, 0.5) is 4.39 Å². The highest BCUT2D eigenvalue weighted by Gasteiger charge is 2.09. The monoisotopic (exact) mass is 289 g/mol. The molecule has 0 bridgehead atoms.